The number of anilines is 1. The summed E-state index contributed by atoms with van der Waals surface area (Å²) in [7, 11) is 0. The maximum atomic E-state index is 5.89. The van der Waals surface area contributed by atoms with Crippen LogP contribution in [-0.4, -0.2) is 36.6 Å². The number of aromatic nitrogens is 6. The van der Waals surface area contributed by atoms with E-state index in [1.54, 1.807) is 0 Å². The molecule has 0 amide bonds. The molecule has 0 atom stereocenters. The SMILES string of the molecule is NC1CC(c2cc(NCc3nn[nH]n3)nc(C3CC3)n2)C1. The highest BCUT2D eigenvalue weighted by Crippen LogP contribution is 2.41. The second-order valence-corrected chi connectivity index (χ2v) is 5.92. The van der Waals surface area contributed by atoms with Crippen LogP contribution in [0.3, 0.4) is 0 Å². The number of nitrogens with one attached hydrogen (secondary N) is 2. The lowest BCUT2D eigenvalue weighted by atomic mass is 9.78. The third-order valence-corrected chi connectivity index (χ3v) is 4.12. The van der Waals surface area contributed by atoms with Crippen LogP contribution in [0.2, 0.25) is 0 Å². The highest BCUT2D eigenvalue weighted by Gasteiger charge is 2.32. The summed E-state index contributed by atoms with van der Waals surface area (Å²) in [5.41, 5.74) is 7.01. The maximum absolute atomic E-state index is 5.89. The lowest BCUT2D eigenvalue weighted by molar-refractivity contribution is 0.344. The van der Waals surface area contributed by atoms with Crippen LogP contribution in [0.1, 0.15) is 54.9 Å². The molecule has 0 saturated heterocycles. The van der Waals surface area contributed by atoms with Crippen LogP contribution in [0.25, 0.3) is 0 Å². The van der Waals surface area contributed by atoms with Gasteiger partial charge in [-0.25, -0.2) is 9.97 Å². The minimum atomic E-state index is 0.324. The Hall–Kier alpha value is -2.09. The average molecular weight is 286 g/mol. The van der Waals surface area contributed by atoms with E-state index in [1.807, 2.05) is 6.07 Å². The van der Waals surface area contributed by atoms with E-state index in [0.717, 1.165) is 30.2 Å². The van der Waals surface area contributed by atoms with Crippen molar-refractivity contribution in [1.82, 2.24) is 30.6 Å². The summed E-state index contributed by atoms with van der Waals surface area (Å²) in [5.74, 6) is 3.43. The molecular weight excluding hydrogens is 268 g/mol. The zero-order chi connectivity index (χ0) is 14.2. The third-order valence-electron chi connectivity index (χ3n) is 4.12. The van der Waals surface area contributed by atoms with Gasteiger partial charge in [-0.1, -0.05) is 5.21 Å². The largest absolute Gasteiger partial charge is 0.363 e. The van der Waals surface area contributed by atoms with E-state index >= 15 is 0 Å². The zero-order valence-electron chi connectivity index (χ0n) is 11.7. The van der Waals surface area contributed by atoms with Crippen LogP contribution in [0.5, 0.6) is 0 Å². The fraction of sp³-hybridized carbons (Fsp3) is 0.615. The van der Waals surface area contributed by atoms with Crippen molar-refractivity contribution in [3.8, 4) is 0 Å². The molecule has 0 aliphatic heterocycles. The Labute approximate surface area is 121 Å². The van der Waals surface area contributed by atoms with Crippen LogP contribution in [0.4, 0.5) is 5.82 Å². The number of tetrazole rings is 1. The summed E-state index contributed by atoms with van der Waals surface area (Å²) < 4.78 is 0. The van der Waals surface area contributed by atoms with Gasteiger partial charge in [0.05, 0.1) is 6.54 Å². The van der Waals surface area contributed by atoms with Gasteiger partial charge in [-0.05, 0) is 25.7 Å². The predicted molar refractivity (Wildman–Crippen MR) is 75.5 cm³/mol. The van der Waals surface area contributed by atoms with Gasteiger partial charge in [-0.3, -0.25) is 0 Å². The number of rotatable bonds is 5. The number of nitrogens with zero attached hydrogens (tertiary/aromatic N) is 5. The summed E-state index contributed by atoms with van der Waals surface area (Å²) in [5, 5.41) is 17.1. The summed E-state index contributed by atoms with van der Waals surface area (Å²) >= 11 is 0. The van der Waals surface area contributed by atoms with Gasteiger partial charge in [0.1, 0.15) is 11.6 Å². The van der Waals surface area contributed by atoms with Gasteiger partial charge < -0.3 is 11.1 Å². The third kappa shape index (κ3) is 2.71. The highest BCUT2D eigenvalue weighted by atomic mass is 15.5. The summed E-state index contributed by atoms with van der Waals surface area (Å²) in [4.78, 5) is 9.36. The molecule has 21 heavy (non-hydrogen) atoms. The normalized spacial score (nSPS) is 24.6. The van der Waals surface area contributed by atoms with E-state index in [4.69, 9.17) is 10.7 Å². The zero-order valence-corrected chi connectivity index (χ0v) is 11.7. The van der Waals surface area contributed by atoms with Gasteiger partial charge in [0, 0.05) is 29.6 Å². The minimum absolute atomic E-state index is 0.324. The molecule has 2 fully saturated rings. The van der Waals surface area contributed by atoms with Crippen molar-refractivity contribution in [1.29, 1.82) is 0 Å². The molecule has 4 rings (SSSR count). The quantitative estimate of drug-likeness (QED) is 0.739. The standard InChI is InChI=1S/C13H18N8/c14-9-3-8(4-9)10-5-11(15-6-12-18-20-21-19-12)17-13(16-10)7-1-2-7/h5,7-9H,1-4,6,14H2,(H,15,16,17)(H,18,19,20,21). The molecule has 2 aliphatic carbocycles. The second-order valence-electron chi connectivity index (χ2n) is 5.92. The van der Waals surface area contributed by atoms with Crippen LogP contribution >= 0.6 is 0 Å². The Morgan fingerprint density at radius 3 is 2.76 bits per heavy atom. The molecule has 4 N–H and O–H groups in total. The average Bonchev–Trinajstić information content (AvgIpc) is 3.18. The molecule has 110 valence electrons. The molecule has 8 heteroatoms. The first-order valence-corrected chi connectivity index (χ1v) is 7.38. The van der Waals surface area contributed by atoms with E-state index in [-0.39, 0.29) is 0 Å². The van der Waals surface area contributed by atoms with Crippen molar-refractivity contribution in [3.05, 3.63) is 23.4 Å². The van der Waals surface area contributed by atoms with Crippen molar-refractivity contribution in [2.75, 3.05) is 5.32 Å². The first-order chi connectivity index (χ1) is 10.3. The Bertz CT molecular complexity index is 615. The van der Waals surface area contributed by atoms with Gasteiger partial charge in [0.25, 0.3) is 0 Å². The fourth-order valence-electron chi connectivity index (χ4n) is 2.64. The summed E-state index contributed by atoms with van der Waals surface area (Å²) in [6.45, 7) is 0.501. The van der Waals surface area contributed by atoms with Crippen molar-refractivity contribution < 1.29 is 0 Å². The first kappa shape index (κ1) is 12.6. The number of aromatic amines is 1. The number of nitrogens with two attached hydrogens (primary N) is 1. The molecule has 0 unspecified atom stereocenters. The van der Waals surface area contributed by atoms with Gasteiger partial charge in [0.2, 0.25) is 0 Å². The van der Waals surface area contributed by atoms with Gasteiger partial charge in [-0.2, -0.15) is 5.21 Å². The minimum Gasteiger partial charge on any atom is -0.363 e. The Morgan fingerprint density at radius 2 is 2.10 bits per heavy atom. The molecule has 8 nitrogen and oxygen atoms in total. The summed E-state index contributed by atoms with van der Waals surface area (Å²) in [6, 6.07) is 2.35. The highest BCUT2D eigenvalue weighted by molar-refractivity contribution is 5.39. The van der Waals surface area contributed by atoms with E-state index in [1.165, 1.54) is 12.8 Å². The number of H-pyrrole nitrogens is 1. The first-order valence-electron chi connectivity index (χ1n) is 7.38. The molecule has 2 aliphatic rings. The lowest BCUT2D eigenvalue weighted by Crippen LogP contribution is -2.35. The Kier molecular flexibility index (Phi) is 3.03. The molecule has 0 bridgehead atoms. The van der Waals surface area contributed by atoms with E-state index in [0.29, 0.717) is 30.2 Å². The molecule has 0 spiro atoms. The van der Waals surface area contributed by atoms with E-state index in [9.17, 15) is 0 Å². The maximum Gasteiger partial charge on any atom is 0.193 e. The smallest absolute Gasteiger partial charge is 0.193 e. The van der Waals surface area contributed by atoms with Gasteiger partial charge in [0.15, 0.2) is 5.82 Å². The molecule has 0 radical (unpaired) electrons. The molecular formula is C13H18N8. The fourth-order valence-corrected chi connectivity index (χ4v) is 2.64. The molecule has 2 aromatic rings. The molecule has 2 heterocycles. The summed E-state index contributed by atoms with van der Waals surface area (Å²) in [6.07, 6.45) is 4.42. The lowest BCUT2D eigenvalue weighted by Gasteiger charge is -2.32. The van der Waals surface area contributed by atoms with Crippen LogP contribution in [-0.2, 0) is 6.54 Å². The molecule has 2 aromatic heterocycles. The topological polar surface area (TPSA) is 118 Å². The second kappa shape index (κ2) is 5.03. The predicted octanol–water partition coefficient (Wildman–Crippen LogP) is 0.684. The van der Waals surface area contributed by atoms with Crippen molar-refractivity contribution >= 4 is 5.82 Å². The van der Waals surface area contributed by atoms with Gasteiger partial charge >= 0.3 is 0 Å². The van der Waals surface area contributed by atoms with E-state index < -0.39 is 0 Å². The number of hydrogen-bond acceptors (Lipinski definition) is 7. The Morgan fingerprint density at radius 1 is 1.24 bits per heavy atom. The monoisotopic (exact) mass is 286 g/mol. The van der Waals surface area contributed by atoms with Crippen molar-refractivity contribution in [2.24, 2.45) is 5.73 Å². The van der Waals surface area contributed by atoms with Crippen LogP contribution < -0.4 is 11.1 Å². The van der Waals surface area contributed by atoms with Gasteiger partial charge in [-0.15, -0.1) is 10.2 Å². The number of hydrogen-bond donors (Lipinski definition) is 3. The molecule has 2 saturated carbocycles. The van der Waals surface area contributed by atoms with Crippen LogP contribution in [0, 0.1) is 0 Å². The van der Waals surface area contributed by atoms with E-state index in [2.05, 4.69) is 30.9 Å². The van der Waals surface area contributed by atoms with Crippen molar-refractivity contribution in [3.63, 3.8) is 0 Å². The Balaban J connectivity index is 1.53. The molecule has 0 aromatic carbocycles. The van der Waals surface area contributed by atoms with Crippen molar-refractivity contribution in [2.45, 2.75) is 50.1 Å². The van der Waals surface area contributed by atoms with Crippen LogP contribution in [0.15, 0.2) is 6.07 Å².